The molecule has 2 aromatic rings. The van der Waals surface area contributed by atoms with Crippen LogP contribution in [0.2, 0.25) is 0 Å². The normalized spacial score (nSPS) is 24.7. The van der Waals surface area contributed by atoms with Crippen LogP contribution in [0.15, 0.2) is 22.7 Å². The average Bonchev–Trinajstić information content (AvgIpc) is 3.00. The van der Waals surface area contributed by atoms with Gasteiger partial charge in [0.05, 0.1) is 6.07 Å². The largest absolute Gasteiger partial charge is 0.325 e. The molecule has 23 heavy (non-hydrogen) atoms. The lowest BCUT2D eigenvalue weighted by Gasteiger charge is -2.35. The third-order valence-electron chi connectivity index (χ3n) is 4.42. The molecule has 0 saturated carbocycles. The Kier molecular flexibility index (Phi) is 2.69. The van der Waals surface area contributed by atoms with E-state index in [0.29, 0.717) is 28.3 Å². The Labute approximate surface area is 139 Å². The van der Waals surface area contributed by atoms with Gasteiger partial charge < -0.3 is 10.6 Å². The fourth-order valence-corrected chi connectivity index (χ4v) is 3.88. The second-order valence-electron chi connectivity index (χ2n) is 5.58. The number of carbonyl (C=O) groups excluding carboxylic acids is 2. The maximum Gasteiger partial charge on any atom is 0.244 e. The molecule has 2 amide bonds. The highest BCUT2D eigenvalue weighted by molar-refractivity contribution is 9.10. The van der Waals surface area contributed by atoms with Crippen LogP contribution in [0.4, 0.5) is 11.5 Å². The fraction of sp³-hybridized carbons (Fsp3) is 0.200. The first kappa shape index (κ1) is 14.0. The zero-order chi connectivity index (χ0) is 16.4. The van der Waals surface area contributed by atoms with E-state index in [9.17, 15) is 14.9 Å². The summed E-state index contributed by atoms with van der Waals surface area (Å²) in [7, 11) is 0. The molecule has 2 atom stereocenters. The zero-order valence-electron chi connectivity index (χ0n) is 11.9. The van der Waals surface area contributed by atoms with Gasteiger partial charge in [-0.05, 0) is 30.7 Å². The summed E-state index contributed by atoms with van der Waals surface area (Å²) in [4.78, 5) is 25.4. The third-order valence-corrected chi connectivity index (χ3v) is 4.91. The van der Waals surface area contributed by atoms with Crippen LogP contribution in [0.5, 0.6) is 0 Å². The Bertz CT molecular complexity index is 928. The third kappa shape index (κ3) is 1.55. The molecule has 3 N–H and O–H groups in total. The van der Waals surface area contributed by atoms with Gasteiger partial charge in [0.25, 0.3) is 0 Å². The summed E-state index contributed by atoms with van der Waals surface area (Å²) in [5.41, 5.74) is 0.979. The summed E-state index contributed by atoms with van der Waals surface area (Å²) in [6.07, 6.45) is 0. The minimum Gasteiger partial charge on any atom is -0.325 e. The predicted molar refractivity (Wildman–Crippen MR) is 84.6 cm³/mol. The molecule has 8 heteroatoms. The van der Waals surface area contributed by atoms with Gasteiger partial charge in [0.1, 0.15) is 11.3 Å². The monoisotopic (exact) mass is 371 g/mol. The Morgan fingerprint density at radius 1 is 1.35 bits per heavy atom. The number of nitrogens with one attached hydrogen (secondary N) is 3. The van der Waals surface area contributed by atoms with Crippen molar-refractivity contribution in [2.45, 2.75) is 12.3 Å². The van der Waals surface area contributed by atoms with Crippen molar-refractivity contribution >= 4 is 39.2 Å². The summed E-state index contributed by atoms with van der Waals surface area (Å²) in [5.74, 6) is -1.81. The van der Waals surface area contributed by atoms with Crippen molar-refractivity contribution in [2.24, 2.45) is 5.92 Å². The van der Waals surface area contributed by atoms with Gasteiger partial charge in [0.2, 0.25) is 11.8 Å². The molecule has 0 saturated heterocycles. The van der Waals surface area contributed by atoms with Crippen molar-refractivity contribution in [1.29, 1.82) is 5.26 Å². The number of nitrogens with zero attached hydrogens (tertiary/aromatic N) is 2. The number of carbonyl (C=O) groups is 2. The SMILES string of the molecule is Cc1[nH]nc2c1C1(C(=O)Nc3ccc(Br)cc31)C(C#N)C(=O)N2. The highest BCUT2D eigenvalue weighted by atomic mass is 79.9. The molecule has 114 valence electrons. The predicted octanol–water partition coefficient (Wildman–Crippen LogP) is 1.81. The number of H-pyrrole nitrogens is 1. The van der Waals surface area contributed by atoms with Crippen LogP contribution < -0.4 is 10.6 Å². The first-order chi connectivity index (χ1) is 11.0. The summed E-state index contributed by atoms with van der Waals surface area (Å²) < 4.78 is 0.762. The van der Waals surface area contributed by atoms with Gasteiger partial charge in [-0.1, -0.05) is 15.9 Å². The Hall–Kier alpha value is -2.66. The Balaban J connectivity index is 2.15. The molecular weight excluding hydrogens is 362 g/mol. The van der Waals surface area contributed by atoms with Crippen molar-refractivity contribution in [3.63, 3.8) is 0 Å². The van der Waals surface area contributed by atoms with E-state index in [-0.39, 0.29) is 0 Å². The lowest BCUT2D eigenvalue weighted by molar-refractivity contribution is -0.127. The lowest BCUT2D eigenvalue weighted by atomic mass is 9.64. The van der Waals surface area contributed by atoms with E-state index in [1.807, 2.05) is 6.07 Å². The molecule has 2 aliphatic heterocycles. The first-order valence-corrected chi connectivity index (χ1v) is 7.67. The molecule has 1 aromatic heterocycles. The van der Waals surface area contributed by atoms with Crippen LogP contribution >= 0.6 is 15.9 Å². The second-order valence-corrected chi connectivity index (χ2v) is 6.49. The van der Waals surface area contributed by atoms with Gasteiger partial charge in [0, 0.05) is 21.4 Å². The van der Waals surface area contributed by atoms with E-state index in [1.54, 1.807) is 25.1 Å². The van der Waals surface area contributed by atoms with E-state index in [1.165, 1.54) is 0 Å². The van der Waals surface area contributed by atoms with E-state index >= 15 is 0 Å². The number of halogens is 1. The molecule has 1 spiro atoms. The zero-order valence-corrected chi connectivity index (χ0v) is 13.5. The number of anilines is 2. The molecule has 0 radical (unpaired) electrons. The van der Waals surface area contributed by atoms with Gasteiger partial charge in [-0.2, -0.15) is 10.4 Å². The van der Waals surface area contributed by atoms with Gasteiger partial charge in [-0.3, -0.25) is 14.7 Å². The van der Waals surface area contributed by atoms with Crippen LogP contribution in [0.25, 0.3) is 0 Å². The van der Waals surface area contributed by atoms with Gasteiger partial charge in [0.15, 0.2) is 5.82 Å². The maximum atomic E-state index is 12.9. The smallest absolute Gasteiger partial charge is 0.244 e. The Morgan fingerprint density at radius 3 is 2.87 bits per heavy atom. The number of rotatable bonds is 0. The average molecular weight is 372 g/mol. The van der Waals surface area contributed by atoms with E-state index in [0.717, 1.165) is 4.47 Å². The molecule has 1 aromatic carbocycles. The highest BCUT2D eigenvalue weighted by Crippen LogP contribution is 2.53. The number of benzene rings is 1. The number of fused-ring (bicyclic) bond motifs is 4. The molecule has 0 aliphatic carbocycles. The Morgan fingerprint density at radius 2 is 2.13 bits per heavy atom. The molecule has 4 rings (SSSR count). The van der Waals surface area contributed by atoms with E-state index < -0.39 is 23.1 Å². The van der Waals surface area contributed by atoms with Crippen molar-refractivity contribution in [3.05, 3.63) is 39.5 Å². The van der Waals surface area contributed by atoms with Crippen molar-refractivity contribution < 1.29 is 9.59 Å². The minimum absolute atomic E-state index is 0.293. The summed E-state index contributed by atoms with van der Waals surface area (Å²) in [6.45, 7) is 1.77. The first-order valence-electron chi connectivity index (χ1n) is 6.87. The van der Waals surface area contributed by atoms with Gasteiger partial charge >= 0.3 is 0 Å². The number of aromatic amines is 1. The standard InChI is InChI=1S/C15H10BrN5O2/c1-6-11-12(21-20-6)19-13(22)9(5-17)15(11)8-4-7(16)2-3-10(8)18-14(15)23/h2-4,9H,1H3,(H,18,23)(H2,19,20,21,22). The van der Waals surface area contributed by atoms with Gasteiger partial charge in [-0.25, -0.2) is 0 Å². The molecule has 0 fully saturated rings. The lowest BCUT2D eigenvalue weighted by Crippen LogP contribution is -2.51. The van der Waals surface area contributed by atoms with Crippen LogP contribution in [0.1, 0.15) is 16.8 Å². The van der Waals surface area contributed by atoms with E-state index in [2.05, 4.69) is 36.8 Å². The molecular formula is C15H10BrN5O2. The summed E-state index contributed by atoms with van der Waals surface area (Å²) in [6, 6.07) is 7.32. The molecule has 3 heterocycles. The summed E-state index contributed by atoms with van der Waals surface area (Å²) in [5, 5.41) is 21.9. The van der Waals surface area contributed by atoms with Crippen molar-refractivity contribution in [3.8, 4) is 6.07 Å². The number of hydrogen-bond acceptors (Lipinski definition) is 4. The second kappa shape index (κ2) is 4.43. The quantitative estimate of drug-likeness (QED) is 0.655. The minimum atomic E-state index is -1.40. The number of aryl methyl sites for hydroxylation is 1. The molecule has 2 unspecified atom stereocenters. The molecule has 7 nitrogen and oxygen atoms in total. The van der Waals surface area contributed by atoms with Crippen LogP contribution in [0.3, 0.4) is 0 Å². The molecule has 2 aliphatic rings. The van der Waals surface area contributed by atoms with Crippen LogP contribution in [0, 0.1) is 24.2 Å². The number of aromatic nitrogens is 2. The number of amides is 2. The van der Waals surface area contributed by atoms with E-state index in [4.69, 9.17) is 0 Å². The van der Waals surface area contributed by atoms with Crippen LogP contribution in [-0.4, -0.2) is 22.0 Å². The van der Waals surface area contributed by atoms with Crippen LogP contribution in [-0.2, 0) is 15.0 Å². The number of hydrogen-bond donors (Lipinski definition) is 3. The van der Waals surface area contributed by atoms with Crippen molar-refractivity contribution in [1.82, 2.24) is 10.2 Å². The van der Waals surface area contributed by atoms with Gasteiger partial charge in [-0.15, -0.1) is 0 Å². The maximum absolute atomic E-state index is 12.9. The topological polar surface area (TPSA) is 111 Å². The fourth-order valence-electron chi connectivity index (χ4n) is 3.52. The van der Waals surface area contributed by atoms with Crippen molar-refractivity contribution in [2.75, 3.05) is 10.6 Å². The number of nitriles is 1. The highest BCUT2D eigenvalue weighted by Gasteiger charge is 2.61. The summed E-state index contributed by atoms with van der Waals surface area (Å²) >= 11 is 3.40. The molecule has 0 bridgehead atoms.